The van der Waals surface area contributed by atoms with Gasteiger partial charge in [0.2, 0.25) is 5.91 Å². The molecule has 30 heavy (non-hydrogen) atoms. The normalized spacial score (nSPS) is 25.2. The highest BCUT2D eigenvalue weighted by Crippen LogP contribution is 2.36. The molecule has 5 atom stereocenters. The fraction of sp³-hybridized carbons (Fsp3) is 0.560. The number of aliphatic hydroxyl groups is 3. The number of carbonyl (C=O) groups excluding carboxylic acids is 1. The van der Waals surface area contributed by atoms with Crippen molar-refractivity contribution in [3.05, 3.63) is 60.2 Å². The van der Waals surface area contributed by atoms with Gasteiger partial charge in [0.25, 0.3) is 0 Å². The van der Waals surface area contributed by atoms with E-state index in [2.05, 4.69) is 5.32 Å². The van der Waals surface area contributed by atoms with Gasteiger partial charge in [-0.15, -0.1) is 0 Å². The van der Waals surface area contributed by atoms with Crippen LogP contribution in [0.1, 0.15) is 51.0 Å². The number of amides is 1. The van der Waals surface area contributed by atoms with E-state index in [1.54, 1.807) is 6.08 Å². The third-order valence-corrected chi connectivity index (χ3v) is 5.77. The highest BCUT2D eigenvalue weighted by Gasteiger charge is 2.39. The van der Waals surface area contributed by atoms with Crippen molar-refractivity contribution >= 4 is 5.91 Å². The van der Waals surface area contributed by atoms with E-state index in [-0.39, 0.29) is 17.7 Å². The number of aliphatic hydroxyl groups excluding tert-OH is 3. The van der Waals surface area contributed by atoms with E-state index in [0.717, 1.165) is 19.3 Å². The Balaban J connectivity index is 1.78. The van der Waals surface area contributed by atoms with Crippen LogP contribution in [-0.2, 0) is 11.2 Å². The van der Waals surface area contributed by atoms with Crippen molar-refractivity contribution in [3.8, 4) is 0 Å². The topological polar surface area (TPSA) is 89.8 Å². The van der Waals surface area contributed by atoms with E-state index in [1.807, 2.05) is 55.5 Å². The Hall–Kier alpha value is -1.95. The van der Waals surface area contributed by atoms with Crippen LogP contribution in [0, 0.1) is 11.8 Å². The Morgan fingerprint density at radius 2 is 1.97 bits per heavy atom. The molecule has 1 saturated carbocycles. The minimum Gasteiger partial charge on any atom is -0.393 e. The SMILES string of the molecule is CCNC(=O)CCC/C=C\C[C@H]1[C@H](/C=C/C(O)CCc2ccccc2)[C@H](O)C[C@H]1O. The second-order valence-electron chi connectivity index (χ2n) is 8.14. The molecule has 5 heteroatoms. The number of hydrogen-bond donors (Lipinski definition) is 4. The van der Waals surface area contributed by atoms with E-state index in [9.17, 15) is 20.1 Å². The number of hydrogen-bond acceptors (Lipinski definition) is 4. The number of nitrogens with one attached hydrogen (secondary N) is 1. The van der Waals surface area contributed by atoms with E-state index < -0.39 is 18.3 Å². The quantitative estimate of drug-likeness (QED) is 0.312. The average Bonchev–Trinajstić information content (AvgIpc) is 3.00. The van der Waals surface area contributed by atoms with Gasteiger partial charge in [-0.25, -0.2) is 0 Å². The van der Waals surface area contributed by atoms with E-state index in [4.69, 9.17) is 0 Å². The highest BCUT2D eigenvalue weighted by atomic mass is 16.3. The molecule has 0 saturated heterocycles. The van der Waals surface area contributed by atoms with Gasteiger partial charge < -0.3 is 20.6 Å². The molecule has 0 aromatic heterocycles. The van der Waals surface area contributed by atoms with Crippen molar-refractivity contribution in [3.63, 3.8) is 0 Å². The zero-order valence-corrected chi connectivity index (χ0v) is 18.0. The van der Waals surface area contributed by atoms with E-state index in [0.29, 0.717) is 32.2 Å². The third-order valence-electron chi connectivity index (χ3n) is 5.77. The molecule has 0 radical (unpaired) electrons. The minimum absolute atomic E-state index is 0.0581. The Morgan fingerprint density at radius 1 is 1.20 bits per heavy atom. The van der Waals surface area contributed by atoms with Crippen molar-refractivity contribution in [2.24, 2.45) is 11.8 Å². The molecule has 0 aliphatic heterocycles. The Labute approximate surface area is 180 Å². The molecule has 5 nitrogen and oxygen atoms in total. The number of benzene rings is 1. The first-order chi connectivity index (χ1) is 14.5. The van der Waals surface area contributed by atoms with Crippen molar-refractivity contribution in [1.29, 1.82) is 0 Å². The molecule has 1 aliphatic carbocycles. The number of rotatable bonds is 12. The summed E-state index contributed by atoms with van der Waals surface area (Å²) in [6.07, 6.45) is 10.6. The van der Waals surface area contributed by atoms with Gasteiger partial charge in [0.1, 0.15) is 0 Å². The molecule has 4 N–H and O–H groups in total. The number of unbranched alkanes of at least 4 members (excludes halogenated alkanes) is 1. The van der Waals surface area contributed by atoms with Crippen LogP contribution < -0.4 is 5.32 Å². The van der Waals surface area contributed by atoms with Gasteiger partial charge in [-0.2, -0.15) is 0 Å². The summed E-state index contributed by atoms with van der Waals surface area (Å²) in [5.41, 5.74) is 1.19. The molecule has 2 rings (SSSR count). The second kappa shape index (κ2) is 13.4. The lowest BCUT2D eigenvalue weighted by molar-refractivity contribution is -0.121. The van der Waals surface area contributed by atoms with E-state index >= 15 is 0 Å². The van der Waals surface area contributed by atoms with Crippen molar-refractivity contribution in [2.75, 3.05) is 6.54 Å². The van der Waals surface area contributed by atoms with Crippen LogP contribution in [0.25, 0.3) is 0 Å². The molecule has 1 amide bonds. The molecule has 1 aromatic rings. The standard InChI is InChI=1S/C25H37NO4/c1-2-26-25(30)13-9-4-3-8-12-21-22(24(29)18-23(21)28)17-16-20(27)15-14-19-10-6-5-7-11-19/h3,5-8,10-11,16-17,20-24,27-29H,2,4,9,12-15,18H2,1H3,(H,26,30)/b8-3-,17-16+/t20?,21-,22-,23+,24+/m0/s1. The van der Waals surface area contributed by atoms with Crippen LogP contribution in [-0.4, -0.2) is 46.1 Å². The van der Waals surface area contributed by atoms with Gasteiger partial charge in [-0.05, 0) is 50.5 Å². The molecule has 1 aromatic carbocycles. The van der Waals surface area contributed by atoms with Crippen LogP contribution in [0.5, 0.6) is 0 Å². The van der Waals surface area contributed by atoms with Gasteiger partial charge >= 0.3 is 0 Å². The molecular weight excluding hydrogens is 378 g/mol. The van der Waals surface area contributed by atoms with Gasteiger partial charge in [0.15, 0.2) is 0 Å². The lowest BCUT2D eigenvalue weighted by Crippen LogP contribution is -2.21. The molecule has 1 fully saturated rings. The van der Waals surface area contributed by atoms with Crippen LogP contribution in [0.2, 0.25) is 0 Å². The largest absolute Gasteiger partial charge is 0.393 e. The summed E-state index contributed by atoms with van der Waals surface area (Å²) in [4.78, 5) is 11.4. The third kappa shape index (κ3) is 8.42. The molecule has 0 bridgehead atoms. The van der Waals surface area contributed by atoms with Crippen molar-refractivity contribution in [2.45, 2.75) is 70.2 Å². The summed E-state index contributed by atoms with van der Waals surface area (Å²) in [7, 11) is 0. The molecule has 1 aliphatic rings. The lowest BCUT2D eigenvalue weighted by Gasteiger charge is -2.19. The summed E-state index contributed by atoms with van der Waals surface area (Å²) in [5.74, 6) is -0.139. The zero-order valence-electron chi connectivity index (χ0n) is 18.0. The summed E-state index contributed by atoms with van der Waals surface area (Å²) >= 11 is 0. The first-order valence-corrected chi connectivity index (χ1v) is 11.2. The molecule has 166 valence electrons. The summed E-state index contributed by atoms with van der Waals surface area (Å²) < 4.78 is 0. The molecule has 0 heterocycles. The van der Waals surface area contributed by atoms with Crippen LogP contribution in [0.4, 0.5) is 0 Å². The average molecular weight is 416 g/mol. The number of aryl methyl sites for hydroxylation is 1. The maximum Gasteiger partial charge on any atom is 0.219 e. The Morgan fingerprint density at radius 3 is 2.70 bits per heavy atom. The Bertz CT molecular complexity index is 673. The number of carbonyl (C=O) groups is 1. The highest BCUT2D eigenvalue weighted by molar-refractivity contribution is 5.75. The van der Waals surface area contributed by atoms with Crippen molar-refractivity contribution in [1.82, 2.24) is 5.32 Å². The monoisotopic (exact) mass is 415 g/mol. The molecular formula is C25H37NO4. The maximum atomic E-state index is 11.4. The summed E-state index contributed by atoms with van der Waals surface area (Å²) in [5, 5.41) is 33.8. The fourth-order valence-electron chi connectivity index (χ4n) is 4.06. The van der Waals surface area contributed by atoms with Gasteiger partial charge in [-0.1, -0.05) is 54.6 Å². The van der Waals surface area contributed by atoms with Crippen molar-refractivity contribution < 1.29 is 20.1 Å². The minimum atomic E-state index is -0.589. The predicted octanol–water partition coefficient (Wildman–Crippen LogP) is 3.15. The molecule has 1 unspecified atom stereocenters. The summed E-state index contributed by atoms with van der Waals surface area (Å²) in [6, 6.07) is 10.1. The van der Waals surface area contributed by atoms with Gasteiger partial charge in [0.05, 0.1) is 18.3 Å². The first-order valence-electron chi connectivity index (χ1n) is 11.2. The zero-order chi connectivity index (χ0) is 21.8. The second-order valence-corrected chi connectivity index (χ2v) is 8.14. The van der Waals surface area contributed by atoms with Gasteiger partial charge in [-0.3, -0.25) is 4.79 Å². The lowest BCUT2D eigenvalue weighted by atomic mass is 9.89. The van der Waals surface area contributed by atoms with Crippen LogP contribution in [0.3, 0.4) is 0 Å². The van der Waals surface area contributed by atoms with Gasteiger partial charge in [0, 0.05) is 25.3 Å². The Kier molecular flexibility index (Phi) is 10.8. The van der Waals surface area contributed by atoms with E-state index in [1.165, 1.54) is 5.56 Å². The van der Waals surface area contributed by atoms with Crippen LogP contribution >= 0.6 is 0 Å². The predicted molar refractivity (Wildman–Crippen MR) is 120 cm³/mol. The van der Waals surface area contributed by atoms with Crippen LogP contribution in [0.15, 0.2) is 54.6 Å². The number of allylic oxidation sites excluding steroid dienone is 2. The maximum absolute atomic E-state index is 11.4. The fourth-order valence-corrected chi connectivity index (χ4v) is 4.06. The smallest absolute Gasteiger partial charge is 0.219 e. The molecule has 0 spiro atoms. The first kappa shape index (κ1) is 24.3. The summed E-state index contributed by atoms with van der Waals surface area (Å²) in [6.45, 7) is 2.57.